The van der Waals surface area contributed by atoms with Crippen LogP contribution in [0.2, 0.25) is 5.02 Å². The van der Waals surface area contributed by atoms with E-state index in [1.807, 2.05) is 40.7 Å². The second-order valence-electron chi connectivity index (χ2n) is 13.5. The molecule has 3 heterocycles. The van der Waals surface area contributed by atoms with Crippen LogP contribution in [0.15, 0.2) is 18.2 Å². The topological polar surface area (TPSA) is 111 Å². The monoisotopic (exact) mass is 598 g/mol. The normalized spacial score (nSPS) is 30.7. The van der Waals surface area contributed by atoms with Gasteiger partial charge in [0, 0.05) is 16.9 Å². The number of alkyl carbamates (subject to hydrolysis) is 1. The predicted molar refractivity (Wildman–Crippen MR) is 160 cm³/mol. The molecule has 1 saturated carbocycles. The second kappa shape index (κ2) is 11.6. The number of carbonyl (C=O) groups excluding carboxylic acids is 3. The molecule has 2 bridgehead atoms. The Morgan fingerprint density at radius 3 is 2.62 bits per heavy atom. The fourth-order valence-electron chi connectivity index (χ4n) is 6.68. The standard InChI is InChI=1S/C32H43ClN4O5/c1-7-21-25-17-37(26(21)18(2)38)29(39)27(31(3,4)5)36-30(40)42-32(6)16-19(32)11-9-8-10-12-23-28(41-25)35-24-15-20(33)13-14-22(24)34-23/h13-15,19,21,25-27H,7-12,16-17H2,1-6H3,(H,36,40)/t19-,21-,25+,26-,27-,32-/m1/s1. The number of fused-ring (bicyclic) bond motifs is 5. The van der Waals surface area contributed by atoms with E-state index in [0.29, 0.717) is 35.2 Å². The lowest BCUT2D eigenvalue weighted by Crippen LogP contribution is -2.57. The van der Waals surface area contributed by atoms with Gasteiger partial charge in [-0.1, -0.05) is 52.1 Å². The Hall–Kier alpha value is -2.94. The average molecular weight is 599 g/mol. The van der Waals surface area contributed by atoms with Gasteiger partial charge >= 0.3 is 6.09 Å². The lowest BCUT2D eigenvalue weighted by Gasteiger charge is -2.35. The van der Waals surface area contributed by atoms with E-state index in [4.69, 9.17) is 31.0 Å². The lowest BCUT2D eigenvalue weighted by atomic mass is 9.85. The van der Waals surface area contributed by atoms with Crippen molar-refractivity contribution >= 4 is 40.4 Å². The van der Waals surface area contributed by atoms with Crippen molar-refractivity contribution in [2.75, 3.05) is 6.54 Å². The van der Waals surface area contributed by atoms with Crippen molar-refractivity contribution in [3.63, 3.8) is 0 Å². The van der Waals surface area contributed by atoms with Gasteiger partial charge in [-0.05, 0) is 69.6 Å². The highest BCUT2D eigenvalue weighted by molar-refractivity contribution is 6.31. The smallest absolute Gasteiger partial charge is 0.408 e. The van der Waals surface area contributed by atoms with Gasteiger partial charge in [-0.25, -0.2) is 14.8 Å². The van der Waals surface area contributed by atoms with Gasteiger partial charge < -0.3 is 19.7 Å². The fourth-order valence-corrected chi connectivity index (χ4v) is 6.85. The van der Waals surface area contributed by atoms with Crippen LogP contribution < -0.4 is 10.1 Å². The van der Waals surface area contributed by atoms with Crippen LogP contribution in [0.5, 0.6) is 5.88 Å². The highest BCUT2D eigenvalue weighted by atomic mass is 35.5. The maximum Gasteiger partial charge on any atom is 0.408 e. The Bertz CT molecular complexity index is 1380. The van der Waals surface area contributed by atoms with E-state index in [1.165, 1.54) is 6.92 Å². The largest absolute Gasteiger partial charge is 0.471 e. The first-order chi connectivity index (χ1) is 19.8. The number of halogens is 1. The van der Waals surface area contributed by atoms with Gasteiger partial charge in [0.2, 0.25) is 11.8 Å². The van der Waals surface area contributed by atoms with Gasteiger partial charge in [0.1, 0.15) is 23.4 Å². The Kier molecular flexibility index (Phi) is 8.45. The number of aromatic nitrogens is 2. The lowest BCUT2D eigenvalue weighted by molar-refractivity contribution is -0.141. The van der Waals surface area contributed by atoms with Gasteiger partial charge in [0.15, 0.2) is 5.78 Å². The summed E-state index contributed by atoms with van der Waals surface area (Å²) >= 11 is 6.27. The summed E-state index contributed by atoms with van der Waals surface area (Å²) in [5.41, 5.74) is 0.994. The summed E-state index contributed by atoms with van der Waals surface area (Å²) in [7, 11) is 0. The number of hydrogen-bond donors (Lipinski definition) is 1. The Morgan fingerprint density at radius 2 is 1.93 bits per heavy atom. The summed E-state index contributed by atoms with van der Waals surface area (Å²) in [5, 5.41) is 3.43. The summed E-state index contributed by atoms with van der Waals surface area (Å²) in [6.45, 7) is 11.4. The molecule has 5 rings (SSSR count). The molecule has 1 aromatic carbocycles. The number of rotatable bonds is 2. The minimum atomic E-state index is -0.888. The van der Waals surface area contributed by atoms with Crippen molar-refractivity contribution in [2.45, 2.75) is 110 Å². The van der Waals surface area contributed by atoms with Gasteiger partial charge in [-0.15, -0.1) is 0 Å². The highest BCUT2D eigenvalue weighted by Crippen LogP contribution is 2.49. The average Bonchev–Trinajstić information content (AvgIpc) is 3.38. The number of ether oxygens (including phenoxy) is 2. The number of Topliss-reactive ketones (excluding diaryl/α,β-unsaturated/α-hetero) is 1. The van der Waals surface area contributed by atoms with Crippen LogP contribution in [0.4, 0.5) is 4.79 Å². The third-order valence-corrected chi connectivity index (χ3v) is 9.45. The summed E-state index contributed by atoms with van der Waals surface area (Å²) < 4.78 is 12.5. The van der Waals surface area contributed by atoms with Crippen LogP contribution in [0.1, 0.15) is 85.8 Å². The molecule has 2 fully saturated rings. The molecular formula is C32H43ClN4O5. The van der Waals surface area contributed by atoms with Crippen LogP contribution in [0.3, 0.4) is 0 Å². The Morgan fingerprint density at radius 1 is 1.17 bits per heavy atom. The van der Waals surface area contributed by atoms with Crippen LogP contribution in [-0.4, -0.2) is 63.0 Å². The van der Waals surface area contributed by atoms with E-state index in [-0.39, 0.29) is 24.2 Å². The second-order valence-corrected chi connectivity index (χ2v) is 14.0. The first-order valence-electron chi connectivity index (χ1n) is 15.2. The number of nitrogens with zero attached hydrogens (tertiary/aromatic N) is 3. The zero-order chi connectivity index (χ0) is 30.4. The zero-order valence-electron chi connectivity index (χ0n) is 25.5. The van der Waals surface area contributed by atoms with E-state index in [0.717, 1.165) is 43.3 Å². The van der Waals surface area contributed by atoms with E-state index in [1.54, 1.807) is 17.0 Å². The minimum Gasteiger partial charge on any atom is -0.471 e. The van der Waals surface area contributed by atoms with Gasteiger partial charge in [0.05, 0.1) is 23.6 Å². The van der Waals surface area contributed by atoms with Gasteiger partial charge in [0.25, 0.3) is 0 Å². The van der Waals surface area contributed by atoms with Crippen molar-refractivity contribution in [2.24, 2.45) is 17.3 Å². The third kappa shape index (κ3) is 6.21. The number of hydrogen-bond acceptors (Lipinski definition) is 7. The van der Waals surface area contributed by atoms with Gasteiger partial charge in [-0.2, -0.15) is 0 Å². The number of aryl methyl sites for hydroxylation is 1. The van der Waals surface area contributed by atoms with Crippen molar-refractivity contribution in [3.8, 4) is 5.88 Å². The first-order valence-corrected chi connectivity index (χ1v) is 15.6. The fraction of sp³-hybridized carbons (Fsp3) is 0.656. The van der Waals surface area contributed by atoms with E-state index >= 15 is 0 Å². The zero-order valence-corrected chi connectivity index (χ0v) is 26.3. The first kappa shape index (κ1) is 30.5. The molecule has 9 nitrogen and oxygen atoms in total. The molecule has 1 saturated heterocycles. The quantitative estimate of drug-likeness (QED) is 0.459. The van der Waals surface area contributed by atoms with Crippen LogP contribution in [0, 0.1) is 17.3 Å². The molecule has 2 amide bonds. The molecule has 1 aliphatic carbocycles. The molecule has 42 heavy (non-hydrogen) atoms. The van der Waals surface area contributed by atoms with Crippen molar-refractivity contribution in [1.29, 1.82) is 0 Å². The van der Waals surface area contributed by atoms with E-state index in [9.17, 15) is 14.4 Å². The molecule has 10 heteroatoms. The van der Waals surface area contributed by atoms with Crippen molar-refractivity contribution < 1.29 is 23.9 Å². The number of ketones is 1. The van der Waals surface area contributed by atoms with E-state index < -0.39 is 35.3 Å². The Balaban J connectivity index is 1.54. The number of benzene rings is 1. The van der Waals surface area contributed by atoms with Gasteiger partial charge in [-0.3, -0.25) is 9.59 Å². The maximum absolute atomic E-state index is 14.2. The van der Waals surface area contributed by atoms with Crippen molar-refractivity contribution in [3.05, 3.63) is 28.9 Å². The highest BCUT2D eigenvalue weighted by Gasteiger charge is 2.54. The van der Waals surface area contributed by atoms with E-state index in [2.05, 4.69) is 5.32 Å². The minimum absolute atomic E-state index is 0.118. The number of carbonyl (C=O) groups is 3. The molecular weight excluding hydrogens is 556 g/mol. The molecule has 1 N–H and O–H groups in total. The molecule has 2 aliphatic heterocycles. The molecule has 2 aromatic rings. The van der Waals surface area contributed by atoms with Crippen molar-refractivity contribution in [1.82, 2.24) is 20.2 Å². The SMILES string of the molecule is CC[C@@H]1[C@@H]2CN(C(=O)[C@H](C(C)(C)C)NC(=O)O[C@]3(C)C[C@H]3CCCCCc3nc4ccc(Cl)cc4nc3O2)[C@@H]1C(C)=O. The molecule has 228 valence electrons. The maximum atomic E-state index is 14.2. The molecule has 0 unspecified atom stereocenters. The molecule has 0 radical (unpaired) electrons. The molecule has 6 atom stereocenters. The summed E-state index contributed by atoms with van der Waals surface area (Å²) in [4.78, 5) is 51.7. The molecule has 3 aliphatic rings. The molecule has 0 spiro atoms. The third-order valence-electron chi connectivity index (χ3n) is 9.21. The number of amides is 2. The summed E-state index contributed by atoms with van der Waals surface area (Å²) in [5.74, 6) is 0.0280. The molecule has 1 aromatic heterocycles. The number of nitrogens with one attached hydrogen (secondary N) is 1. The van der Waals surface area contributed by atoms with Crippen LogP contribution in [-0.2, 0) is 20.7 Å². The van der Waals surface area contributed by atoms with Crippen LogP contribution >= 0.6 is 11.6 Å². The summed E-state index contributed by atoms with van der Waals surface area (Å²) in [6, 6.07) is 3.86. The Labute approximate surface area is 253 Å². The van der Waals surface area contributed by atoms with Crippen LogP contribution in [0.25, 0.3) is 11.0 Å². The summed E-state index contributed by atoms with van der Waals surface area (Å²) in [6.07, 6.45) is 4.93. The predicted octanol–water partition coefficient (Wildman–Crippen LogP) is 5.89.